The fourth-order valence-electron chi connectivity index (χ4n) is 2.29. The Hall–Kier alpha value is -1.14. The number of hydrogen-bond acceptors (Lipinski definition) is 3. The molecule has 1 N–H and O–H groups in total. The van der Waals surface area contributed by atoms with Crippen molar-refractivity contribution in [1.29, 1.82) is 0 Å². The van der Waals surface area contributed by atoms with E-state index in [1.54, 1.807) is 0 Å². The maximum Gasteiger partial charge on any atom is 0.264 e. The first-order valence-electron chi connectivity index (χ1n) is 6.55. The lowest BCUT2D eigenvalue weighted by Gasteiger charge is -2.09. The zero-order chi connectivity index (χ0) is 16.0. The highest BCUT2D eigenvalue weighted by molar-refractivity contribution is 8.13. The van der Waals surface area contributed by atoms with Crippen molar-refractivity contribution in [2.45, 2.75) is 32.1 Å². The smallest absolute Gasteiger partial charge is 0.264 e. The van der Waals surface area contributed by atoms with Gasteiger partial charge in [-0.2, -0.15) is 0 Å². The number of benzene rings is 1. The topological polar surface area (TPSA) is 63.2 Å². The van der Waals surface area contributed by atoms with Gasteiger partial charge in [-0.1, -0.05) is 13.8 Å². The number of amides is 1. The Bertz CT molecular complexity index is 700. The SMILES string of the molecule is Cc1cc(C(=O)NCC2CC2(C)C)cc(S(=O)(=O)Cl)c1F. The van der Waals surface area contributed by atoms with Crippen molar-refractivity contribution < 1.29 is 17.6 Å². The van der Waals surface area contributed by atoms with Crippen LogP contribution in [0.4, 0.5) is 4.39 Å². The fraction of sp³-hybridized carbons (Fsp3) is 0.500. The molecule has 21 heavy (non-hydrogen) atoms. The highest BCUT2D eigenvalue weighted by Crippen LogP contribution is 2.50. The van der Waals surface area contributed by atoms with Gasteiger partial charge in [0.15, 0.2) is 0 Å². The molecule has 1 saturated carbocycles. The highest BCUT2D eigenvalue weighted by atomic mass is 35.7. The van der Waals surface area contributed by atoms with E-state index in [1.807, 2.05) is 0 Å². The Morgan fingerprint density at radius 1 is 1.48 bits per heavy atom. The van der Waals surface area contributed by atoms with E-state index in [1.165, 1.54) is 13.0 Å². The molecule has 0 radical (unpaired) electrons. The largest absolute Gasteiger partial charge is 0.352 e. The number of carbonyl (C=O) groups is 1. The summed E-state index contributed by atoms with van der Waals surface area (Å²) >= 11 is 0. The van der Waals surface area contributed by atoms with Crippen LogP contribution in [0.2, 0.25) is 0 Å². The van der Waals surface area contributed by atoms with Crippen molar-refractivity contribution in [3.63, 3.8) is 0 Å². The summed E-state index contributed by atoms with van der Waals surface area (Å²) in [4.78, 5) is 11.4. The standard InChI is InChI=1S/C14H17ClFNO3S/c1-8-4-9(5-11(12(8)16)21(15,19)20)13(18)17-7-10-6-14(10,2)3/h4-5,10H,6-7H2,1-3H3,(H,17,18). The van der Waals surface area contributed by atoms with Gasteiger partial charge in [-0.3, -0.25) is 4.79 Å². The third kappa shape index (κ3) is 3.55. The lowest BCUT2D eigenvalue weighted by molar-refractivity contribution is 0.0950. The minimum atomic E-state index is -4.23. The van der Waals surface area contributed by atoms with Gasteiger partial charge in [0.05, 0.1) is 0 Å². The van der Waals surface area contributed by atoms with Crippen LogP contribution in [0.3, 0.4) is 0 Å². The summed E-state index contributed by atoms with van der Waals surface area (Å²) in [6.45, 7) is 6.14. The molecular formula is C14H17ClFNO3S. The molecule has 1 aromatic carbocycles. The van der Waals surface area contributed by atoms with Gasteiger partial charge in [0, 0.05) is 22.8 Å². The number of aryl methyl sites for hydroxylation is 1. The van der Waals surface area contributed by atoms with Crippen LogP contribution in [0.1, 0.15) is 36.2 Å². The third-order valence-corrected chi connectivity index (χ3v) is 5.29. The third-order valence-electron chi connectivity index (χ3n) is 3.97. The number of carbonyl (C=O) groups excluding carboxylic acids is 1. The molecule has 0 aromatic heterocycles. The molecule has 1 fully saturated rings. The molecule has 1 atom stereocenters. The van der Waals surface area contributed by atoms with Crippen LogP contribution in [0.15, 0.2) is 17.0 Å². The number of hydrogen-bond donors (Lipinski definition) is 1. The minimum Gasteiger partial charge on any atom is -0.352 e. The summed E-state index contributed by atoms with van der Waals surface area (Å²) in [6.07, 6.45) is 1.04. The van der Waals surface area contributed by atoms with Crippen molar-refractivity contribution in [3.05, 3.63) is 29.1 Å². The highest BCUT2D eigenvalue weighted by Gasteiger charge is 2.45. The summed E-state index contributed by atoms with van der Waals surface area (Å²) in [6, 6.07) is 2.28. The van der Waals surface area contributed by atoms with Gasteiger partial charge >= 0.3 is 0 Å². The number of rotatable bonds is 4. The first-order chi connectivity index (χ1) is 9.52. The Kier molecular flexibility index (Phi) is 4.06. The molecule has 1 aromatic rings. The zero-order valence-corrected chi connectivity index (χ0v) is 13.6. The Morgan fingerprint density at radius 3 is 2.52 bits per heavy atom. The van der Waals surface area contributed by atoms with Crippen LogP contribution in [0.25, 0.3) is 0 Å². The van der Waals surface area contributed by atoms with Gasteiger partial charge in [-0.15, -0.1) is 0 Å². The average molecular weight is 334 g/mol. The molecule has 1 amide bonds. The van der Waals surface area contributed by atoms with Crippen molar-refractivity contribution >= 4 is 25.6 Å². The average Bonchev–Trinajstić information content (AvgIpc) is 2.95. The van der Waals surface area contributed by atoms with Crippen LogP contribution in [-0.4, -0.2) is 20.9 Å². The summed E-state index contributed by atoms with van der Waals surface area (Å²) in [5.74, 6) is -0.938. The minimum absolute atomic E-state index is 0.0635. The van der Waals surface area contributed by atoms with E-state index in [4.69, 9.17) is 10.7 Å². The molecule has 1 aliphatic rings. The van der Waals surface area contributed by atoms with Crippen molar-refractivity contribution in [2.24, 2.45) is 11.3 Å². The summed E-state index contributed by atoms with van der Waals surface area (Å²) in [7, 11) is 0.956. The lowest BCUT2D eigenvalue weighted by atomic mass is 10.1. The van der Waals surface area contributed by atoms with E-state index in [-0.39, 0.29) is 16.5 Å². The maximum absolute atomic E-state index is 13.8. The van der Waals surface area contributed by atoms with Gasteiger partial charge in [0.1, 0.15) is 10.7 Å². The van der Waals surface area contributed by atoms with Crippen molar-refractivity contribution in [2.75, 3.05) is 6.54 Å². The molecule has 0 aliphatic heterocycles. The Balaban J connectivity index is 2.20. The molecule has 4 nitrogen and oxygen atoms in total. The van der Waals surface area contributed by atoms with E-state index < -0.39 is 25.7 Å². The first kappa shape index (κ1) is 16.2. The summed E-state index contributed by atoms with van der Waals surface area (Å²) in [5.41, 5.74) is 0.386. The first-order valence-corrected chi connectivity index (χ1v) is 8.86. The normalized spacial score (nSPS) is 20.1. The molecule has 0 spiro atoms. The molecule has 7 heteroatoms. The maximum atomic E-state index is 13.8. The zero-order valence-electron chi connectivity index (χ0n) is 12.0. The van der Waals surface area contributed by atoms with Crippen LogP contribution < -0.4 is 5.32 Å². The van der Waals surface area contributed by atoms with Crippen LogP contribution in [0.5, 0.6) is 0 Å². The quantitative estimate of drug-likeness (QED) is 0.862. The van der Waals surface area contributed by atoms with Crippen LogP contribution in [-0.2, 0) is 9.05 Å². The van der Waals surface area contributed by atoms with Crippen LogP contribution in [0, 0.1) is 24.1 Å². The molecule has 2 rings (SSSR count). The molecule has 0 heterocycles. The molecule has 116 valence electrons. The van der Waals surface area contributed by atoms with Crippen molar-refractivity contribution in [3.8, 4) is 0 Å². The lowest BCUT2D eigenvalue weighted by Crippen LogP contribution is -2.27. The molecule has 1 unspecified atom stereocenters. The molecular weight excluding hydrogens is 317 g/mol. The molecule has 1 aliphatic carbocycles. The Labute approximate surface area is 128 Å². The predicted octanol–water partition coefficient (Wildman–Crippen LogP) is 2.84. The van der Waals surface area contributed by atoms with E-state index in [2.05, 4.69) is 19.2 Å². The summed E-state index contributed by atoms with van der Waals surface area (Å²) < 4.78 is 36.4. The second-order valence-electron chi connectivity index (χ2n) is 6.14. The van der Waals surface area contributed by atoms with E-state index >= 15 is 0 Å². The number of halogens is 2. The predicted molar refractivity (Wildman–Crippen MR) is 78.4 cm³/mol. The molecule has 0 saturated heterocycles. The van der Waals surface area contributed by atoms with E-state index in [0.29, 0.717) is 12.5 Å². The van der Waals surface area contributed by atoms with Gasteiger partial charge in [0.25, 0.3) is 15.0 Å². The van der Waals surface area contributed by atoms with Crippen molar-refractivity contribution in [1.82, 2.24) is 5.32 Å². The van der Waals surface area contributed by atoms with Crippen LogP contribution >= 0.6 is 10.7 Å². The van der Waals surface area contributed by atoms with Gasteiger partial charge in [-0.25, -0.2) is 12.8 Å². The fourth-order valence-corrected chi connectivity index (χ4v) is 3.27. The Morgan fingerprint density at radius 2 is 2.05 bits per heavy atom. The molecule has 0 bridgehead atoms. The monoisotopic (exact) mass is 333 g/mol. The second-order valence-corrected chi connectivity index (χ2v) is 8.68. The van der Waals surface area contributed by atoms with E-state index in [0.717, 1.165) is 12.5 Å². The second kappa shape index (κ2) is 5.25. The number of nitrogens with one attached hydrogen (secondary N) is 1. The van der Waals surface area contributed by atoms with Gasteiger partial charge in [0.2, 0.25) is 0 Å². The van der Waals surface area contributed by atoms with E-state index in [9.17, 15) is 17.6 Å². The van der Waals surface area contributed by atoms with Gasteiger partial charge < -0.3 is 5.32 Å². The van der Waals surface area contributed by atoms with Gasteiger partial charge in [-0.05, 0) is 42.4 Å². The summed E-state index contributed by atoms with van der Waals surface area (Å²) in [5, 5.41) is 2.74.